The van der Waals surface area contributed by atoms with Crippen molar-refractivity contribution in [1.82, 2.24) is 5.32 Å². The first kappa shape index (κ1) is 16.0. The van der Waals surface area contributed by atoms with Crippen molar-refractivity contribution in [3.05, 3.63) is 28.2 Å². The first-order chi connectivity index (χ1) is 9.98. The molecule has 1 atom stereocenters. The zero-order valence-corrected chi connectivity index (χ0v) is 13.5. The van der Waals surface area contributed by atoms with Crippen LogP contribution in [-0.2, 0) is 4.79 Å². The van der Waals surface area contributed by atoms with E-state index in [2.05, 4.69) is 26.6 Å². The number of hydrogen-bond acceptors (Lipinski definition) is 3. The molecule has 1 saturated heterocycles. The van der Waals surface area contributed by atoms with E-state index in [0.717, 1.165) is 25.8 Å². The number of halogens is 1. The van der Waals surface area contributed by atoms with E-state index in [1.54, 1.807) is 12.1 Å². The number of carboxylic acids is 1. The van der Waals surface area contributed by atoms with Gasteiger partial charge in [0, 0.05) is 16.7 Å². The van der Waals surface area contributed by atoms with E-state index in [0.29, 0.717) is 16.7 Å². The lowest BCUT2D eigenvalue weighted by Gasteiger charge is -2.35. The number of anilines is 1. The molecule has 0 saturated carbocycles. The van der Waals surface area contributed by atoms with Crippen molar-refractivity contribution in [3.8, 4) is 0 Å². The van der Waals surface area contributed by atoms with Gasteiger partial charge in [0.1, 0.15) is 0 Å². The van der Waals surface area contributed by atoms with Gasteiger partial charge in [-0.15, -0.1) is 0 Å². The summed E-state index contributed by atoms with van der Waals surface area (Å²) in [5.41, 5.74) is 0.244. The minimum Gasteiger partial charge on any atom is -0.478 e. The maximum absolute atomic E-state index is 12.6. The molecule has 1 amide bonds. The monoisotopic (exact) mass is 354 g/mol. The number of carboxylic acid groups (broad SMARTS) is 1. The van der Waals surface area contributed by atoms with Crippen LogP contribution in [0.15, 0.2) is 22.7 Å². The molecule has 1 aliphatic rings. The van der Waals surface area contributed by atoms with Crippen LogP contribution >= 0.6 is 15.9 Å². The molecular weight excluding hydrogens is 336 g/mol. The summed E-state index contributed by atoms with van der Waals surface area (Å²) in [6, 6.07) is 4.81. The smallest absolute Gasteiger partial charge is 0.336 e. The van der Waals surface area contributed by atoms with Gasteiger partial charge in [-0.1, -0.05) is 6.92 Å². The molecule has 5 nitrogen and oxygen atoms in total. The summed E-state index contributed by atoms with van der Waals surface area (Å²) >= 11 is 3.19. The van der Waals surface area contributed by atoms with E-state index in [4.69, 9.17) is 5.11 Å². The quantitative estimate of drug-likeness (QED) is 0.776. The minimum absolute atomic E-state index is 0.0455. The lowest BCUT2D eigenvalue weighted by molar-refractivity contribution is -0.126. The molecule has 1 aliphatic heterocycles. The molecule has 1 aromatic rings. The molecule has 1 unspecified atom stereocenters. The molecule has 2 rings (SSSR count). The number of aromatic carboxylic acids is 1. The van der Waals surface area contributed by atoms with Crippen molar-refractivity contribution >= 4 is 33.5 Å². The van der Waals surface area contributed by atoms with E-state index in [-0.39, 0.29) is 11.5 Å². The number of nitrogens with one attached hydrogen (secondary N) is 2. The fourth-order valence-electron chi connectivity index (χ4n) is 2.65. The summed E-state index contributed by atoms with van der Waals surface area (Å²) in [6.45, 7) is 3.62. The summed E-state index contributed by atoms with van der Waals surface area (Å²) < 4.78 is 0.498. The van der Waals surface area contributed by atoms with Crippen molar-refractivity contribution in [2.45, 2.75) is 26.2 Å². The number of carbonyl (C=O) groups excluding carboxylic acids is 1. The van der Waals surface area contributed by atoms with Gasteiger partial charge in [0.25, 0.3) is 0 Å². The second-order valence-electron chi connectivity index (χ2n) is 5.37. The van der Waals surface area contributed by atoms with E-state index in [1.165, 1.54) is 6.07 Å². The van der Waals surface area contributed by atoms with Crippen LogP contribution in [0.3, 0.4) is 0 Å². The zero-order valence-electron chi connectivity index (χ0n) is 11.9. The van der Waals surface area contributed by atoms with Crippen molar-refractivity contribution < 1.29 is 14.7 Å². The highest BCUT2D eigenvalue weighted by atomic mass is 79.9. The summed E-state index contributed by atoms with van der Waals surface area (Å²) in [5, 5.41) is 15.2. The van der Waals surface area contributed by atoms with Crippen LogP contribution in [0.5, 0.6) is 0 Å². The number of benzene rings is 1. The van der Waals surface area contributed by atoms with E-state index in [1.807, 2.05) is 6.92 Å². The average Bonchev–Trinajstić information content (AvgIpc) is 2.49. The van der Waals surface area contributed by atoms with E-state index >= 15 is 0 Å². The maximum Gasteiger partial charge on any atom is 0.336 e. The van der Waals surface area contributed by atoms with Gasteiger partial charge in [-0.3, -0.25) is 4.79 Å². The average molecular weight is 355 g/mol. The molecule has 0 bridgehead atoms. The fourth-order valence-corrected chi connectivity index (χ4v) is 3.07. The van der Waals surface area contributed by atoms with Crippen LogP contribution in [0.4, 0.5) is 5.69 Å². The third-order valence-corrected chi connectivity index (χ3v) is 4.78. The molecule has 6 heteroatoms. The summed E-state index contributed by atoms with van der Waals surface area (Å²) in [7, 11) is 0. The fraction of sp³-hybridized carbons (Fsp3) is 0.467. The molecular formula is C15H19BrN2O3. The summed E-state index contributed by atoms with van der Waals surface area (Å²) in [5.74, 6) is -1.07. The van der Waals surface area contributed by atoms with Gasteiger partial charge in [0.2, 0.25) is 5.91 Å². The highest BCUT2D eigenvalue weighted by Gasteiger charge is 2.37. The third kappa shape index (κ3) is 3.44. The highest BCUT2D eigenvalue weighted by Crippen LogP contribution is 2.32. The Morgan fingerprint density at radius 2 is 2.24 bits per heavy atom. The van der Waals surface area contributed by atoms with Gasteiger partial charge in [0.15, 0.2) is 0 Å². The predicted molar refractivity (Wildman–Crippen MR) is 84.6 cm³/mol. The molecule has 114 valence electrons. The number of hydrogen-bond donors (Lipinski definition) is 3. The molecule has 0 aromatic heterocycles. The van der Waals surface area contributed by atoms with Gasteiger partial charge in [-0.2, -0.15) is 0 Å². The molecule has 1 heterocycles. The standard InChI is InChI=1S/C15H19BrN2O3/c1-2-15(6-3-7-17-9-15)14(21)18-10-4-5-12(16)11(8-10)13(19)20/h4-5,8,17H,2-3,6-7,9H2,1H3,(H,18,21)(H,19,20). The molecule has 1 fully saturated rings. The number of rotatable bonds is 4. The van der Waals surface area contributed by atoms with Crippen LogP contribution in [0.25, 0.3) is 0 Å². The SMILES string of the molecule is CCC1(C(=O)Nc2ccc(Br)c(C(=O)O)c2)CCCNC1. The third-order valence-electron chi connectivity index (χ3n) is 4.09. The normalized spacial score (nSPS) is 21.8. The van der Waals surface area contributed by atoms with Crippen LogP contribution in [0, 0.1) is 5.41 Å². The Morgan fingerprint density at radius 1 is 1.48 bits per heavy atom. The van der Waals surface area contributed by atoms with Gasteiger partial charge >= 0.3 is 5.97 Å². The molecule has 21 heavy (non-hydrogen) atoms. The minimum atomic E-state index is -1.03. The Labute approximate surface area is 132 Å². The Hall–Kier alpha value is -1.40. The van der Waals surface area contributed by atoms with Crippen LogP contribution in [0.1, 0.15) is 36.5 Å². The molecule has 0 radical (unpaired) electrons. The van der Waals surface area contributed by atoms with Crippen LogP contribution in [0.2, 0.25) is 0 Å². The first-order valence-corrected chi connectivity index (χ1v) is 7.83. The second-order valence-corrected chi connectivity index (χ2v) is 6.22. The first-order valence-electron chi connectivity index (χ1n) is 7.03. The van der Waals surface area contributed by atoms with Gasteiger partial charge in [-0.05, 0) is 59.9 Å². The lowest BCUT2D eigenvalue weighted by Crippen LogP contribution is -2.47. The molecule has 1 aromatic carbocycles. The number of amides is 1. The lowest BCUT2D eigenvalue weighted by atomic mass is 9.77. The van der Waals surface area contributed by atoms with Crippen LogP contribution < -0.4 is 10.6 Å². The van der Waals surface area contributed by atoms with Gasteiger partial charge in [-0.25, -0.2) is 4.79 Å². The Balaban J connectivity index is 2.19. The predicted octanol–water partition coefficient (Wildman–Crippen LogP) is 2.87. The number of piperidine rings is 1. The van der Waals surface area contributed by atoms with Crippen molar-refractivity contribution in [3.63, 3.8) is 0 Å². The summed E-state index contributed by atoms with van der Waals surface area (Å²) in [4.78, 5) is 23.7. The molecule has 3 N–H and O–H groups in total. The van der Waals surface area contributed by atoms with Gasteiger partial charge < -0.3 is 15.7 Å². The van der Waals surface area contributed by atoms with E-state index in [9.17, 15) is 9.59 Å². The topological polar surface area (TPSA) is 78.4 Å². The maximum atomic E-state index is 12.6. The molecule has 0 aliphatic carbocycles. The zero-order chi connectivity index (χ0) is 15.5. The van der Waals surface area contributed by atoms with Crippen LogP contribution in [-0.4, -0.2) is 30.1 Å². The largest absolute Gasteiger partial charge is 0.478 e. The van der Waals surface area contributed by atoms with Crippen molar-refractivity contribution in [2.75, 3.05) is 18.4 Å². The Bertz CT molecular complexity index is 554. The number of carbonyl (C=O) groups is 2. The Kier molecular flexibility index (Phi) is 5.00. The van der Waals surface area contributed by atoms with Crippen molar-refractivity contribution in [1.29, 1.82) is 0 Å². The van der Waals surface area contributed by atoms with E-state index < -0.39 is 11.4 Å². The Morgan fingerprint density at radius 3 is 2.81 bits per heavy atom. The molecule has 0 spiro atoms. The summed E-state index contributed by atoms with van der Waals surface area (Å²) in [6.07, 6.45) is 2.58. The van der Waals surface area contributed by atoms with Crippen molar-refractivity contribution in [2.24, 2.45) is 5.41 Å². The highest BCUT2D eigenvalue weighted by molar-refractivity contribution is 9.10. The van der Waals surface area contributed by atoms with Gasteiger partial charge in [0.05, 0.1) is 11.0 Å². The second kappa shape index (κ2) is 6.58.